The zero-order valence-corrected chi connectivity index (χ0v) is 12.1. The lowest BCUT2D eigenvalue weighted by Gasteiger charge is -2.11. The normalized spacial score (nSPS) is 18.9. The van der Waals surface area contributed by atoms with E-state index in [1.54, 1.807) is 24.3 Å². The molecule has 2 N–H and O–H groups in total. The first-order chi connectivity index (χ1) is 9.61. The summed E-state index contributed by atoms with van der Waals surface area (Å²) in [7, 11) is -3.39. The largest absolute Gasteiger partial charge is 0.314 e. The van der Waals surface area contributed by atoms with E-state index < -0.39 is 10.0 Å². The fourth-order valence-electron chi connectivity index (χ4n) is 2.40. The maximum atomic E-state index is 12.0. The van der Waals surface area contributed by atoms with E-state index in [9.17, 15) is 8.42 Å². The van der Waals surface area contributed by atoms with Gasteiger partial charge in [-0.05, 0) is 37.4 Å². The second-order valence-corrected chi connectivity index (χ2v) is 6.81. The highest BCUT2D eigenvalue weighted by Crippen LogP contribution is 2.11. The summed E-state index contributed by atoms with van der Waals surface area (Å²) in [5, 5.41) is 12.3. The first-order valence-corrected chi connectivity index (χ1v) is 8.45. The van der Waals surface area contributed by atoms with E-state index in [-0.39, 0.29) is 5.75 Å². The Morgan fingerprint density at radius 3 is 2.90 bits per heavy atom. The minimum atomic E-state index is -3.39. The number of rotatable bonds is 6. The lowest BCUT2D eigenvalue weighted by molar-refractivity contribution is 0.539. The Hall–Kier alpha value is -1.42. The maximum Gasteiger partial charge on any atom is 0.215 e. The lowest BCUT2D eigenvalue weighted by atomic mass is 10.1. The molecule has 1 saturated heterocycles. The van der Waals surface area contributed by atoms with Crippen molar-refractivity contribution in [3.8, 4) is 6.07 Å². The van der Waals surface area contributed by atoms with Crippen LogP contribution in [0.5, 0.6) is 0 Å². The predicted octanol–water partition coefficient (Wildman–Crippen LogP) is 1.12. The first kappa shape index (κ1) is 15.0. The molecule has 1 aromatic rings. The number of benzene rings is 1. The van der Waals surface area contributed by atoms with Crippen LogP contribution in [0.3, 0.4) is 0 Å². The van der Waals surface area contributed by atoms with Crippen molar-refractivity contribution < 1.29 is 8.42 Å². The number of nitrogens with one attached hydrogen (secondary N) is 2. The fraction of sp³-hybridized carbons (Fsp3) is 0.500. The van der Waals surface area contributed by atoms with Crippen LogP contribution in [0.25, 0.3) is 0 Å². The highest BCUT2D eigenvalue weighted by atomic mass is 32.2. The van der Waals surface area contributed by atoms with Crippen molar-refractivity contribution in [1.82, 2.24) is 10.0 Å². The van der Waals surface area contributed by atoms with Crippen molar-refractivity contribution in [2.45, 2.75) is 31.1 Å². The fourth-order valence-corrected chi connectivity index (χ4v) is 3.59. The van der Waals surface area contributed by atoms with Gasteiger partial charge < -0.3 is 5.32 Å². The van der Waals surface area contributed by atoms with Gasteiger partial charge in [0.1, 0.15) is 0 Å². The number of sulfonamides is 1. The van der Waals surface area contributed by atoms with Gasteiger partial charge in [0.05, 0.1) is 17.4 Å². The van der Waals surface area contributed by atoms with Crippen molar-refractivity contribution in [3.63, 3.8) is 0 Å². The van der Waals surface area contributed by atoms with Crippen LogP contribution in [0.2, 0.25) is 0 Å². The molecule has 1 heterocycles. The minimum Gasteiger partial charge on any atom is -0.314 e. The number of hydrogen-bond acceptors (Lipinski definition) is 4. The summed E-state index contributed by atoms with van der Waals surface area (Å²) in [6.07, 6.45) is 3.07. The Morgan fingerprint density at radius 2 is 2.20 bits per heavy atom. The second kappa shape index (κ2) is 6.84. The summed E-state index contributed by atoms with van der Waals surface area (Å²) in [5.41, 5.74) is 0.955. The van der Waals surface area contributed by atoms with E-state index in [1.807, 2.05) is 6.07 Å². The van der Waals surface area contributed by atoms with Crippen molar-refractivity contribution in [3.05, 3.63) is 35.4 Å². The third-order valence-electron chi connectivity index (χ3n) is 3.46. The zero-order chi connectivity index (χ0) is 14.4. The number of nitriles is 1. The van der Waals surface area contributed by atoms with Crippen LogP contribution in [0.15, 0.2) is 24.3 Å². The molecule has 0 unspecified atom stereocenters. The SMILES string of the molecule is N#Cc1ccccc1CS(=O)(=O)NCC[C@H]1CCCN1. The van der Waals surface area contributed by atoms with E-state index >= 15 is 0 Å². The van der Waals surface area contributed by atoms with E-state index in [0.717, 1.165) is 25.8 Å². The molecule has 20 heavy (non-hydrogen) atoms. The average Bonchev–Trinajstić information content (AvgIpc) is 2.92. The molecule has 2 rings (SSSR count). The van der Waals surface area contributed by atoms with Crippen molar-refractivity contribution >= 4 is 10.0 Å². The van der Waals surface area contributed by atoms with Crippen molar-refractivity contribution in [1.29, 1.82) is 5.26 Å². The first-order valence-electron chi connectivity index (χ1n) is 6.79. The highest BCUT2D eigenvalue weighted by Gasteiger charge is 2.17. The van der Waals surface area contributed by atoms with Crippen LogP contribution in [-0.2, 0) is 15.8 Å². The van der Waals surface area contributed by atoms with Gasteiger partial charge in [0, 0.05) is 12.6 Å². The van der Waals surface area contributed by atoms with E-state index in [4.69, 9.17) is 5.26 Å². The van der Waals surface area contributed by atoms with Gasteiger partial charge in [0.25, 0.3) is 0 Å². The summed E-state index contributed by atoms with van der Waals surface area (Å²) < 4.78 is 26.6. The van der Waals surface area contributed by atoms with Gasteiger partial charge in [-0.2, -0.15) is 5.26 Å². The van der Waals surface area contributed by atoms with Crippen LogP contribution >= 0.6 is 0 Å². The molecule has 1 aromatic carbocycles. The molecule has 0 radical (unpaired) electrons. The van der Waals surface area contributed by atoms with Crippen LogP contribution < -0.4 is 10.0 Å². The molecule has 0 bridgehead atoms. The van der Waals surface area contributed by atoms with Crippen LogP contribution in [0.4, 0.5) is 0 Å². The molecule has 108 valence electrons. The lowest BCUT2D eigenvalue weighted by Crippen LogP contribution is -2.31. The summed E-state index contributed by atoms with van der Waals surface area (Å²) in [6, 6.07) is 9.22. The molecule has 0 amide bonds. The third kappa shape index (κ3) is 4.30. The Balaban J connectivity index is 1.88. The Labute approximate surface area is 120 Å². The monoisotopic (exact) mass is 293 g/mol. The molecule has 0 aromatic heterocycles. The summed E-state index contributed by atoms with van der Waals surface area (Å²) >= 11 is 0. The zero-order valence-electron chi connectivity index (χ0n) is 11.3. The Kier molecular flexibility index (Phi) is 5.12. The summed E-state index contributed by atoms with van der Waals surface area (Å²) in [6.45, 7) is 1.46. The highest BCUT2D eigenvalue weighted by molar-refractivity contribution is 7.88. The molecule has 0 aliphatic carbocycles. The molecule has 1 aliphatic rings. The van der Waals surface area contributed by atoms with Gasteiger partial charge >= 0.3 is 0 Å². The summed E-state index contributed by atoms with van der Waals surface area (Å²) in [4.78, 5) is 0. The smallest absolute Gasteiger partial charge is 0.215 e. The molecule has 6 heteroatoms. The van der Waals surface area contributed by atoms with Crippen LogP contribution in [-0.4, -0.2) is 27.5 Å². The van der Waals surface area contributed by atoms with Gasteiger partial charge in [0.15, 0.2) is 0 Å². The molecule has 1 fully saturated rings. The van der Waals surface area contributed by atoms with Gasteiger partial charge in [-0.1, -0.05) is 18.2 Å². The van der Waals surface area contributed by atoms with Gasteiger partial charge in [-0.15, -0.1) is 0 Å². The molecule has 0 spiro atoms. The van der Waals surface area contributed by atoms with Gasteiger partial charge in [-0.3, -0.25) is 0 Å². The molecule has 5 nitrogen and oxygen atoms in total. The molecular formula is C14H19N3O2S. The van der Waals surface area contributed by atoms with Gasteiger partial charge in [0.2, 0.25) is 10.0 Å². The summed E-state index contributed by atoms with van der Waals surface area (Å²) in [5.74, 6) is -0.144. The quantitative estimate of drug-likeness (QED) is 0.823. The molecule has 1 atom stereocenters. The standard InChI is InChI=1S/C14H19N3O2S/c15-10-12-4-1-2-5-13(12)11-20(18,19)17-9-7-14-6-3-8-16-14/h1-2,4-5,14,16-17H,3,6-9,11H2/t14-/m1/s1. The van der Waals surface area contributed by atoms with E-state index in [2.05, 4.69) is 10.0 Å². The topological polar surface area (TPSA) is 82.0 Å². The van der Waals surface area contributed by atoms with Crippen molar-refractivity contribution in [2.75, 3.05) is 13.1 Å². The molecule has 1 aliphatic heterocycles. The van der Waals surface area contributed by atoms with Crippen molar-refractivity contribution in [2.24, 2.45) is 0 Å². The van der Waals surface area contributed by atoms with E-state index in [1.165, 1.54) is 0 Å². The van der Waals surface area contributed by atoms with Gasteiger partial charge in [-0.25, -0.2) is 13.1 Å². The second-order valence-electron chi connectivity index (χ2n) is 5.00. The third-order valence-corrected chi connectivity index (χ3v) is 4.80. The number of hydrogen-bond donors (Lipinski definition) is 2. The Morgan fingerprint density at radius 1 is 1.40 bits per heavy atom. The van der Waals surface area contributed by atoms with Crippen LogP contribution in [0, 0.1) is 11.3 Å². The van der Waals surface area contributed by atoms with Crippen LogP contribution in [0.1, 0.15) is 30.4 Å². The van der Waals surface area contributed by atoms with E-state index in [0.29, 0.717) is 23.7 Å². The average molecular weight is 293 g/mol. The Bertz CT molecular complexity index is 587. The number of nitrogens with zero attached hydrogens (tertiary/aromatic N) is 1. The predicted molar refractivity (Wildman–Crippen MR) is 77.4 cm³/mol. The molecular weight excluding hydrogens is 274 g/mol. The minimum absolute atomic E-state index is 0.144. The maximum absolute atomic E-state index is 12.0. The molecule has 0 saturated carbocycles.